The summed E-state index contributed by atoms with van der Waals surface area (Å²) in [6.07, 6.45) is 0. The first-order valence-electron chi connectivity index (χ1n) is 15.5. The average Bonchev–Trinajstić information content (AvgIpc) is 3.46. The fourth-order valence-corrected chi connectivity index (χ4v) is 6.22. The minimum Gasteiger partial charge on any atom is -0.489 e. The van der Waals surface area contributed by atoms with Crippen LogP contribution in [0.15, 0.2) is 120 Å². The van der Waals surface area contributed by atoms with Gasteiger partial charge in [-0.1, -0.05) is 117 Å². The first-order chi connectivity index (χ1) is 22.2. The van der Waals surface area contributed by atoms with E-state index in [4.69, 9.17) is 14.8 Å². The summed E-state index contributed by atoms with van der Waals surface area (Å²) >= 11 is 1.57. The smallest absolute Gasteiger partial charge is 0.255 e. The van der Waals surface area contributed by atoms with E-state index < -0.39 is 6.04 Å². The average molecular weight is 630 g/mol. The molecule has 0 radical (unpaired) electrons. The molecule has 2 N–H and O–H groups in total. The van der Waals surface area contributed by atoms with E-state index in [0.29, 0.717) is 23.3 Å². The van der Waals surface area contributed by atoms with Gasteiger partial charge in [0.15, 0.2) is 0 Å². The first-order valence-corrected chi connectivity index (χ1v) is 16.4. The summed E-state index contributed by atoms with van der Waals surface area (Å²) in [4.78, 5) is 18.8. The second-order valence-corrected chi connectivity index (χ2v) is 13.5. The zero-order valence-corrected chi connectivity index (χ0v) is 27.7. The van der Waals surface area contributed by atoms with Gasteiger partial charge in [0.25, 0.3) is 5.91 Å². The minimum absolute atomic E-state index is 0.109. The van der Waals surface area contributed by atoms with E-state index in [9.17, 15) is 4.79 Å². The second kappa shape index (κ2) is 13.3. The molecule has 0 spiro atoms. The molecule has 0 fully saturated rings. The van der Waals surface area contributed by atoms with Gasteiger partial charge >= 0.3 is 0 Å². The summed E-state index contributed by atoms with van der Waals surface area (Å²) in [5.74, 6) is 1.90. The number of aryl methyl sites for hydroxylation is 1. The number of nitrogens with zero attached hydrogens (tertiary/aromatic N) is 3. The molecule has 0 bridgehead atoms. The number of aromatic nitrogens is 3. The van der Waals surface area contributed by atoms with E-state index in [0.717, 1.165) is 39.6 Å². The molecular formula is C38H39N5O2S. The van der Waals surface area contributed by atoms with Crippen LogP contribution in [0.25, 0.3) is 0 Å². The molecule has 234 valence electrons. The number of fused-ring (bicyclic) bond motifs is 1. The highest BCUT2D eigenvalue weighted by atomic mass is 32.2. The normalized spacial score (nSPS) is 14.4. The van der Waals surface area contributed by atoms with Crippen LogP contribution in [0.2, 0.25) is 0 Å². The van der Waals surface area contributed by atoms with Crippen molar-refractivity contribution in [3.05, 3.63) is 142 Å². The molecule has 4 aromatic carbocycles. The van der Waals surface area contributed by atoms with Crippen molar-refractivity contribution in [3.8, 4) is 5.75 Å². The van der Waals surface area contributed by atoms with Crippen LogP contribution in [0, 0.1) is 6.92 Å². The fraction of sp³-hybridized carbons (Fsp3) is 0.237. The SMILES string of the molecule is CC1=C(C(=O)Nc2ccccc2C)C(c2ccc(OCc3ccc(C(C)(C)C)cc3)cc2)n2nc(SCc3ccccc3)nc2N1. The number of thioether (sulfide) groups is 1. The molecule has 1 aromatic heterocycles. The van der Waals surface area contributed by atoms with Crippen LogP contribution >= 0.6 is 11.8 Å². The summed E-state index contributed by atoms with van der Waals surface area (Å²) in [5, 5.41) is 12.0. The molecule has 0 aliphatic carbocycles. The zero-order chi connectivity index (χ0) is 32.3. The van der Waals surface area contributed by atoms with Crippen LogP contribution in [0.4, 0.5) is 11.6 Å². The number of ether oxygens (including phenoxy) is 1. The third-order valence-electron chi connectivity index (χ3n) is 8.10. The third-order valence-corrected chi connectivity index (χ3v) is 9.01. The van der Waals surface area contributed by atoms with Gasteiger partial charge in [0.05, 0.1) is 5.57 Å². The summed E-state index contributed by atoms with van der Waals surface area (Å²) in [6.45, 7) is 11.0. The van der Waals surface area contributed by atoms with E-state index in [-0.39, 0.29) is 11.3 Å². The Kier molecular flexibility index (Phi) is 8.99. The Morgan fingerprint density at radius 2 is 1.59 bits per heavy atom. The largest absolute Gasteiger partial charge is 0.489 e. The van der Waals surface area contributed by atoms with Crippen LogP contribution in [-0.4, -0.2) is 20.7 Å². The lowest BCUT2D eigenvalue weighted by atomic mass is 9.87. The van der Waals surface area contributed by atoms with Crippen molar-refractivity contribution < 1.29 is 9.53 Å². The lowest BCUT2D eigenvalue weighted by Gasteiger charge is -2.29. The number of anilines is 2. The first kappa shape index (κ1) is 31.2. The maximum atomic E-state index is 14.0. The van der Waals surface area contributed by atoms with E-state index in [1.165, 1.54) is 11.1 Å². The number of carbonyl (C=O) groups is 1. The number of amides is 1. The Labute approximate surface area is 275 Å². The standard InChI is InChI=1S/C38H39N5O2S/c1-25-11-9-10-14-32(25)40-35(44)33-26(2)39-36-41-37(46-24-28-12-7-6-8-13-28)42-43(36)34(33)29-17-21-31(22-18-29)45-23-27-15-19-30(20-16-27)38(3,4)5/h6-22,34H,23-24H2,1-5H3,(H,40,44)(H,39,41,42). The number of nitrogens with one attached hydrogen (secondary N) is 2. The summed E-state index contributed by atoms with van der Waals surface area (Å²) < 4.78 is 7.97. The van der Waals surface area contributed by atoms with E-state index >= 15 is 0 Å². The predicted molar refractivity (Wildman–Crippen MR) is 186 cm³/mol. The molecule has 6 rings (SSSR count). The molecule has 0 saturated carbocycles. The Hall–Kier alpha value is -4.82. The second-order valence-electron chi connectivity index (χ2n) is 12.6. The maximum absolute atomic E-state index is 14.0. The summed E-state index contributed by atoms with van der Waals surface area (Å²) in [5.41, 5.74) is 7.68. The molecule has 2 heterocycles. The van der Waals surface area contributed by atoms with Crippen LogP contribution in [0.1, 0.15) is 61.6 Å². The fourth-order valence-electron chi connectivity index (χ4n) is 5.43. The van der Waals surface area contributed by atoms with Gasteiger partial charge in [0, 0.05) is 17.1 Å². The quantitative estimate of drug-likeness (QED) is 0.159. The number of hydrogen-bond donors (Lipinski definition) is 2. The molecular weight excluding hydrogens is 591 g/mol. The molecule has 0 saturated heterocycles. The summed E-state index contributed by atoms with van der Waals surface area (Å²) in [7, 11) is 0. The number of para-hydroxylation sites is 1. The number of hydrogen-bond acceptors (Lipinski definition) is 6. The van der Waals surface area contributed by atoms with Crippen molar-refractivity contribution in [2.75, 3.05) is 10.6 Å². The van der Waals surface area contributed by atoms with Crippen molar-refractivity contribution in [1.82, 2.24) is 14.8 Å². The molecule has 46 heavy (non-hydrogen) atoms. The van der Waals surface area contributed by atoms with Gasteiger partial charge in [-0.25, -0.2) is 4.68 Å². The Bertz CT molecular complexity index is 1860. The molecule has 1 amide bonds. The van der Waals surface area contributed by atoms with Crippen LogP contribution in [-0.2, 0) is 22.6 Å². The van der Waals surface area contributed by atoms with Crippen molar-refractivity contribution in [3.63, 3.8) is 0 Å². The monoisotopic (exact) mass is 629 g/mol. The molecule has 7 nitrogen and oxygen atoms in total. The third kappa shape index (κ3) is 7.02. The van der Waals surface area contributed by atoms with E-state index in [1.54, 1.807) is 11.8 Å². The van der Waals surface area contributed by atoms with Crippen molar-refractivity contribution in [1.29, 1.82) is 0 Å². The Morgan fingerprint density at radius 1 is 0.891 bits per heavy atom. The Morgan fingerprint density at radius 3 is 2.28 bits per heavy atom. The lowest BCUT2D eigenvalue weighted by Crippen LogP contribution is -2.31. The van der Waals surface area contributed by atoms with Crippen LogP contribution in [0.3, 0.4) is 0 Å². The number of carbonyl (C=O) groups excluding carboxylic acids is 1. The topological polar surface area (TPSA) is 81.1 Å². The highest BCUT2D eigenvalue weighted by molar-refractivity contribution is 7.98. The van der Waals surface area contributed by atoms with Crippen LogP contribution < -0.4 is 15.4 Å². The van der Waals surface area contributed by atoms with Gasteiger partial charge in [-0.3, -0.25) is 4.79 Å². The van der Waals surface area contributed by atoms with Gasteiger partial charge in [-0.2, -0.15) is 4.98 Å². The molecule has 1 aliphatic heterocycles. The lowest BCUT2D eigenvalue weighted by molar-refractivity contribution is -0.113. The van der Waals surface area contributed by atoms with Gasteiger partial charge in [-0.05, 0) is 65.3 Å². The molecule has 1 unspecified atom stereocenters. The van der Waals surface area contributed by atoms with Gasteiger partial charge < -0.3 is 15.4 Å². The summed E-state index contributed by atoms with van der Waals surface area (Å²) in [6, 6.07) is 34.0. The number of benzene rings is 4. The Balaban J connectivity index is 1.26. The zero-order valence-electron chi connectivity index (χ0n) is 26.9. The van der Waals surface area contributed by atoms with Gasteiger partial charge in [0.1, 0.15) is 18.4 Å². The molecule has 8 heteroatoms. The van der Waals surface area contributed by atoms with Gasteiger partial charge in [-0.15, -0.1) is 5.10 Å². The van der Waals surface area contributed by atoms with E-state index in [2.05, 4.69) is 67.8 Å². The number of allylic oxidation sites excluding steroid dienone is 1. The van der Waals surface area contributed by atoms with Crippen LogP contribution in [0.5, 0.6) is 5.75 Å². The highest BCUT2D eigenvalue weighted by Gasteiger charge is 2.34. The van der Waals surface area contributed by atoms with Crippen molar-refractivity contribution in [2.24, 2.45) is 0 Å². The molecule has 1 aliphatic rings. The highest BCUT2D eigenvalue weighted by Crippen LogP contribution is 2.38. The molecule has 5 aromatic rings. The maximum Gasteiger partial charge on any atom is 0.255 e. The van der Waals surface area contributed by atoms with Crippen molar-refractivity contribution >= 4 is 29.3 Å². The molecule has 1 atom stereocenters. The van der Waals surface area contributed by atoms with Crippen molar-refractivity contribution in [2.45, 2.75) is 63.6 Å². The number of rotatable bonds is 9. The minimum atomic E-state index is -0.488. The predicted octanol–water partition coefficient (Wildman–Crippen LogP) is 8.68. The van der Waals surface area contributed by atoms with E-state index in [1.807, 2.05) is 85.3 Å². The van der Waals surface area contributed by atoms with Gasteiger partial charge in [0.2, 0.25) is 11.1 Å².